The highest BCUT2D eigenvalue weighted by Gasteiger charge is 2.32. The smallest absolute Gasteiger partial charge is 0.408 e. The Kier molecular flexibility index (Phi) is 13.7. The van der Waals surface area contributed by atoms with Gasteiger partial charge in [-0.05, 0) is 101 Å². The van der Waals surface area contributed by atoms with Gasteiger partial charge in [-0.1, -0.05) is 33.8 Å². The molecule has 0 aliphatic carbocycles. The minimum Gasteiger partial charge on any atom is -0.493 e. The zero-order valence-electron chi connectivity index (χ0n) is 39.7. The van der Waals surface area contributed by atoms with Crippen molar-refractivity contribution in [3.05, 3.63) is 65.1 Å². The molecule has 0 radical (unpaired) electrons. The normalized spacial score (nSPS) is 12.8. The number of alkyl carbamates (subject to hydrolysis) is 2. The Morgan fingerprint density at radius 1 is 0.591 bits per heavy atom. The second-order valence-electron chi connectivity index (χ2n) is 18.3. The molecule has 0 aliphatic rings. The molecule has 352 valence electrons. The van der Waals surface area contributed by atoms with Gasteiger partial charge >= 0.3 is 29.8 Å². The number of benzene rings is 3. The summed E-state index contributed by atoms with van der Waals surface area (Å²) in [6.07, 6.45) is 0.168. The van der Waals surface area contributed by atoms with Gasteiger partial charge in [0.25, 0.3) is 0 Å². The van der Waals surface area contributed by atoms with Gasteiger partial charge in [0.1, 0.15) is 34.4 Å². The van der Waals surface area contributed by atoms with E-state index in [2.05, 4.69) is 10.6 Å². The zero-order chi connectivity index (χ0) is 48.6. The third-order valence-electron chi connectivity index (χ3n) is 10.4. The number of hydrogen-bond acceptors (Lipinski definition) is 14. The molecule has 6 rings (SSSR count). The maximum absolute atomic E-state index is 14.3. The largest absolute Gasteiger partial charge is 0.493 e. The van der Waals surface area contributed by atoms with E-state index in [0.717, 1.165) is 5.39 Å². The molecule has 3 aromatic carbocycles. The maximum atomic E-state index is 14.3. The number of ether oxygens (including phenoxy) is 8. The quantitative estimate of drug-likeness (QED) is 0.0632. The molecular weight excluding hydrogens is 855 g/mol. The number of nitrogens with zero attached hydrogens (tertiary/aromatic N) is 1. The summed E-state index contributed by atoms with van der Waals surface area (Å²) >= 11 is 0. The van der Waals surface area contributed by atoms with Crippen molar-refractivity contribution >= 4 is 62.3 Å². The van der Waals surface area contributed by atoms with Crippen LogP contribution in [0.3, 0.4) is 0 Å². The Morgan fingerprint density at radius 3 is 1.59 bits per heavy atom. The van der Waals surface area contributed by atoms with Crippen molar-refractivity contribution in [3.8, 4) is 45.6 Å². The first-order valence-electron chi connectivity index (χ1n) is 21.3. The van der Waals surface area contributed by atoms with Crippen LogP contribution in [-0.4, -0.2) is 80.3 Å². The predicted molar refractivity (Wildman–Crippen MR) is 247 cm³/mol. The van der Waals surface area contributed by atoms with Gasteiger partial charge in [-0.3, -0.25) is 0 Å². The number of carbonyl (C=O) groups is 4. The van der Waals surface area contributed by atoms with Crippen molar-refractivity contribution in [2.75, 3.05) is 28.4 Å². The average molecular weight is 912 g/mol. The van der Waals surface area contributed by atoms with Gasteiger partial charge in [0.2, 0.25) is 0 Å². The summed E-state index contributed by atoms with van der Waals surface area (Å²) in [5.41, 5.74) is -0.474. The molecule has 3 heterocycles. The lowest BCUT2D eigenvalue weighted by atomic mass is 9.97. The second kappa shape index (κ2) is 18.7. The molecule has 17 nitrogen and oxygen atoms in total. The van der Waals surface area contributed by atoms with Gasteiger partial charge in [-0.15, -0.1) is 0 Å². The molecular formula is C49H57N3O14. The summed E-state index contributed by atoms with van der Waals surface area (Å²) in [5.74, 6) is -1.16. The van der Waals surface area contributed by atoms with E-state index in [0.29, 0.717) is 44.3 Å². The highest BCUT2D eigenvalue weighted by Crippen LogP contribution is 2.46. The minimum atomic E-state index is -1.11. The molecule has 2 atom stereocenters. The number of pyridine rings is 1. The average Bonchev–Trinajstić information content (AvgIpc) is 3.59. The fourth-order valence-electron chi connectivity index (χ4n) is 7.46. The molecule has 2 N–H and O–H groups in total. The van der Waals surface area contributed by atoms with Crippen LogP contribution in [0.25, 0.3) is 49.3 Å². The molecule has 0 saturated carbocycles. The summed E-state index contributed by atoms with van der Waals surface area (Å²) in [6.45, 7) is 17.3. The third kappa shape index (κ3) is 10.0. The summed E-state index contributed by atoms with van der Waals surface area (Å²) in [6, 6.07) is 11.2. The van der Waals surface area contributed by atoms with Crippen LogP contribution in [-0.2, 0) is 19.1 Å². The fraction of sp³-hybridized carbons (Fsp3) is 0.408. The van der Waals surface area contributed by atoms with Crippen molar-refractivity contribution < 1.29 is 61.5 Å². The standard InChI is InChI=1S/C49H57N3O14/c1-24(2)39(50-46(56)65-48(5,6)7)43(53)62-30-16-15-27(20-32(30)58-11)37-38-29-22-35(61-14)36(64-44(54)40(25(3)4)51-47(57)66-49(8,9)10)23-31(29)63-45(55)42(38)52-18-17-26-19-33(59-12)34(60-13)21-28(26)41(37)52/h15-25,39-40H,1-14H3,(H,50,56)(H,51,57)/t39-,40-/m1/s1. The molecule has 0 bridgehead atoms. The van der Waals surface area contributed by atoms with Crippen LogP contribution in [0.2, 0.25) is 0 Å². The van der Waals surface area contributed by atoms with E-state index in [1.807, 2.05) is 12.1 Å². The first-order valence-corrected chi connectivity index (χ1v) is 21.3. The molecule has 17 heteroatoms. The molecule has 2 amide bonds. The van der Waals surface area contributed by atoms with Crippen LogP contribution in [0.5, 0.6) is 34.5 Å². The van der Waals surface area contributed by atoms with Crippen molar-refractivity contribution in [1.29, 1.82) is 0 Å². The number of rotatable bonds is 13. The van der Waals surface area contributed by atoms with E-state index in [4.69, 9.17) is 42.3 Å². The van der Waals surface area contributed by atoms with Crippen LogP contribution in [0, 0.1) is 11.8 Å². The van der Waals surface area contributed by atoms with Crippen molar-refractivity contribution in [3.63, 3.8) is 0 Å². The van der Waals surface area contributed by atoms with E-state index >= 15 is 0 Å². The lowest BCUT2D eigenvalue weighted by Gasteiger charge is -2.24. The van der Waals surface area contributed by atoms with Gasteiger partial charge in [-0.25, -0.2) is 24.0 Å². The fourth-order valence-corrected chi connectivity index (χ4v) is 7.46. The molecule has 0 saturated heterocycles. The number of nitrogens with one attached hydrogen (secondary N) is 2. The molecule has 6 aromatic rings. The van der Waals surface area contributed by atoms with E-state index in [9.17, 15) is 24.0 Å². The van der Waals surface area contributed by atoms with E-state index in [-0.39, 0.29) is 40.0 Å². The van der Waals surface area contributed by atoms with Crippen molar-refractivity contribution in [2.24, 2.45) is 11.8 Å². The number of aromatic nitrogens is 1. The van der Waals surface area contributed by atoms with Gasteiger partial charge < -0.3 is 57.3 Å². The van der Waals surface area contributed by atoms with Gasteiger partial charge in [0.15, 0.2) is 34.5 Å². The summed E-state index contributed by atoms with van der Waals surface area (Å²) in [4.78, 5) is 67.1. The maximum Gasteiger partial charge on any atom is 0.408 e. The lowest BCUT2D eigenvalue weighted by molar-refractivity contribution is -0.138. The molecule has 3 aromatic heterocycles. The number of amides is 2. The Labute approximate surface area is 381 Å². The summed E-state index contributed by atoms with van der Waals surface area (Å²) in [7, 11) is 5.87. The third-order valence-corrected chi connectivity index (χ3v) is 10.4. The molecule has 0 aliphatic heterocycles. The van der Waals surface area contributed by atoms with Crippen LogP contribution in [0.4, 0.5) is 9.59 Å². The monoisotopic (exact) mass is 911 g/mol. The van der Waals surface area contributed by atoms with Gasteiger partial charge in [-0.2, -0.15) is 0 Å². The van der Waals surface area contributed by atoms with Crippen LogP contribution in [0.15, 0.2) is 63.9 Å². The van der Waals surface area contributed by atoms with E-state index < -0.39 is 59.0 Å². The van der Waals surface area contributed by atoms with Crippen molar-refractivity contribution in [1.82, 2.24) is 15.0 Å². The SMILES string of the molecule is COc1cc2ccn3c(c(-c4ccc(OC(=O)[C@H](NC(=O)OC(C)(C)C)C(C)C)c(OC)c4)c4c5cc(OC)c(OC(=O)[C@H](NC(=O)OC(C)(C)C)C(C)C)cc5oc(=O)c43)c2cc1OC. The molecule has 0 fully saturated rings. The highest BCUT2D eigenvalue weighted by atomic mass is 16.6. The molecule has 66 heavy (non-hydrogen) atoms. The summed E-state index contributed by atoms with van der Waals surface area (Å²) in [5, 5.41) is 7.46. The zero-order valence-corrected chi connectivity index (χ0v) is 39.7. The van der Waals surface area contributed by atoms with E-state index in [1.54, 1.807) is 110 Å². The van der Waals surface area contributed by atoms with Crippen molar-refractivity contribution in [2.45, 2.75) is 92.5 Å². The Morgan fingerprint density at radius 2 is 1.08 bits per heavy atom. The Bertz CT molecular complexity index is 2920. The predicted octanol–water partition coefficient (Wildman–Crippen LogP) is 8.96. The first kappa shape index (κ1) is 48.3. The topological polar surface area (TPSA) is 201 Å². The van der Waals surface area contributed by atoms with Crippen LogP contribution >= 0.6 is 0 Å². The molecule has 0 spiro atoms. The minimum absolute atomic E-state index is 0.0488. The number of fused-ring (bicyclic) bond motifs is 7. The van der Waals surface area contributed by atoms with Crippen LogP contribution < -0.4 is 44.7 Å². The number of carbonyl (C=O) groups excluding carboxylic acids is 4. The number of hydrogen-bond donors (Lipinski definition) is 2. The number of methoxy groups -OCH3 is 4. The lowest BCUT2D eigenvalue weighted by Crippen LogP contribution is -2.48. The van der Waals surface area contributed by atoms with Gasteiger partial charge in [0.05, 0.1) is 34.0 Å². The highest BCUT2D eigenvalue weighted by molar-refractivity contribution is 6.22. The van der Waals surface area contributed by atoms with E-state index in [1.165, 1.54) is 34.5 Å². The Balaban J connectivity index is 1.56. The summed E-state index contributed by atoms with van der Waals surface area (Å²) < 4.78 is 53.2. The van der Waals surface area contributed by atoms with Gasteiger partial charge in [0, 0.05) is 34.0 Å². The van der Waals surface area contributed by atoms with Crippen LogP contribution in [0.1, 0.15) is 69.2 Å². The Hall–Kier alpha value is -7.17. The first-order chi connectivity index (χ1) is 31.0. The number of esters is 2. The molecule has 0 unspecified atom stereocenters. The second-order valence-corrected chi connectivity index (χ2v) is 18.3.